The van der Waals surface area contributed by atoms with Crippen molar-refractivity contribution in [3.05, 3.63) is 47.3 Å². The number of halogens is 1. The van der Waals surface area contributed by atoms with Gasteiger partial charge in [0, 0.05) is 0 Å². The maximum absolute atomic E-state index is 13.3. The Morgan fingerprint density at radius 2 is 1.84 bits per heavy atom. The van der Waals surface area contributed by atoms with E-state index in [0.717, 1.165) is 22.2 Å². The predicted octanol–water partition coefficient (Wildman–Crippen LogP) is 3.69. The summed E-state index contributed by atoms with van der Waals surface area (Å²) in [5.74, 6) is 0.0755. The lowest BCUT2D eigenvalue weighted by molar-refractivity contribution is 0.475. The van der Waals surface area contributed by atoms with Crippen LogP contribution in [0.5, 0.6) is 5.75 Å². The molecular weight excluding hydrogens is 243 g/mol. The molecule has 0 atom stereocenters. The zero-order chi connectivity index (χ0) is 13.6. The molecule has 2 N–H and O–H groups in total. The molecule has 0 radical (unpaired) electrons. The Labute approximate surface area is 109 Å². The number of aromatic nitrogens is 2. The van der Waals surface area contributed by atoms with Gasteiger partial charge in [0.1, 0.15) is 17.4 Å². The number of aromatic amines is 1. The van der Waals surface area contributed by atoms with Crippen LogP contribution in [0.4, 0.5) is 4.39 Å². The Morgan fingerprint density at radius 3 is 2.63 bits per heavy atom. The molecule has 1 aromatic heterocycles. The highest BCUT2D eigenvalue weighted by molar-refractivity contribution is 5.82. The SMILES string of the molecule is Cc1cc2nc(-c3cc(F)ccc3O)[nH]c2cc1C. The topological polar surface area (TPSA) is 48.9 Å². The number of fused-ring (bicyclic) bond motifs is 1. The maximum atomic E-state index is 13.3. The van der Waals surface area contributed by atoms with Crippen LogP contribution >= 0.6 is 0 Å². The number of aryl methyl sites for hydroxylation is 2. The summed E-state index contributed by atoms with van der Waals surface area (Å²) in [6.07, 6.45) is 0. The largest absolute Gasteiger partial charge is 0.507 e. The van der Waals surface area contributed by atoms with E-state index in [1.165, 1.54) is 18.2 Å². The second-order valence-corrected chi connectivity index (χ2v) is 4.70. The van der Waals surface area contributed by atoms with Gasteiger partial charge in [0.25, 0.3) is 0 Å². The third-order valence-electron chi connectivity index (χ3n) is 3.31. The minimum Gasteiger partial charge on any atom is -0.507 e. The molecule has 0 saturated carbocycles. The Kier molecular flexibility index (Phi) is 2.52. The fourth-order valence-electron chi connectivity index (χ4n) is 2.10. The fraction of sp³-hybridized carbons (Fsp3) is 0.133. The van der Waals surface area contributed by atoms with Gasteiger partial charge in [-0.1, -0.05) is 0 Å². The first-order valence-electron chi connectivity index (χ1n) is 6.00. The van der Waals surface area contributed by atoms with Crippen LogP contribution in [-0.2, 0) is 0 Å². The molecule has 3 nitrogen and oxygen atoms in total. The minimum atomic E-state index is -0.402. The summed E-state index contributed by atoms with van der Waals surface area (Å²) in [6, 6.07) is 7.79. The second kappa shape index (κ2) is 4.09. The first-order valence-corrected chi connectivity index (χ1v) is 6.00. The second-order valence-electron chi connectivity index (χ2n) is 4.70. The van der Waals surface area contributed by atoms with Crippen molar-refractivity contribution in [1.82, 2.24) is 9.97 Å². The van der Waals surface area contributed by atoms with Crippen molar-refractivity contribution in [2.75, 3.05) is 0 Å². The first kappa shape index (κ1) is 11.7. The first-order chi connectivity index (χ1) is 9.04. The van der Waals surface area contributed by atoms with Gasteiger partial charge < -0.3 is 10.1 Å². The van der Waals surface area contributed by atoms with Gasteiger partial charge in [0.15, 0.2) is 0 Å². The zero-order valence-electron chi connectivity index (χ0n) is 10.7. The number of phenols is 1. The van der Waals surface area contributed by atoms with Gasteiger partial charge in [-0.15, -0.1) is 0 Å². The molecule has 96 valence electrons. The number of rotatable bonds is 1. The number of hydrogen-bond acceptors (Lipinski definition) is 2. The van der Waals surface area contributed by atoms with Crippen LogP contribution in [0, 0.1) is 19.7 Å². The van der Waals surface area contributed by atoms with Crippen molar-refractivity contribution in [2.24, 2.45) is 0 Å². The highest BCUT2D eigenvalue weighted by Gasteiger charge is 2.11. The van der Waals surface area contributed by atoms with Crippen molar-refractivity contribution < 1.29 is 9.50 Å². The lowest BCUT2D eigenvalue weighted by Crippen LogP contribution is -1.83. The van der Waals surface area contributed by atoms with Gasteiger partial charge in [-0.05, 0) is 55.3 Å². The molecule has 4 heteroatoms. The van der Waals surface area contributed by atoms with Crippen molar-refractivity contribution in [3.8, 4) is 17.1 Å². The average molecular weight is 256 g/mol. The van der Waals surface area contributed by atoms with Gasteiger partial charge >= 0.3 is 0 Å². The maximum Gasteiger partial charge on any atom is 0.142 e. The van der Waals surface area contributed by atoms with E-state index in [4.69, 9.17) is 0 Å². The van der Waals surface area contributed by atoms with Gasteiger partial charge in [0.2, 0.25) is 0 Å². The molecule has 2 aromatic carbocycles. The molecule has 0 aliphatic rings. The lowest BCUT2D eigenvalue weighted by atomic mass is 10.1. The molecule has 0 saturated heterocycles. The van der Waals surface area contributed by atoms with Crippen LogP contribution in [0.2, 0.25) is 0 Å². The van der Waals surface area contributed by atoms with E-state index >= 15 is 0 Å². The number of imidazole rings is 1. The number of benzene rings is 2. The summed E-state index contributed by atoms with van der Waals surface area (Å²) in [6.45, 7) is 4.04. The van der Waals surface area contributed by atoms with Crippen LogP contribution in [0.15, 0.2) is 30.3 Å². The summed E-state index contributed by atoms with van der Waals surface area (Å²) in [4.78, 5) is 7.51. The Balaban J connectivity index is 2.23. The van der Waals surface area contributed by atoms with Crippen molar-refractivity contribution in [3.63, 3.8) is 0 Å². The van der Waals surface area contributed by atoms with Crippen molar-refractivity contribution in [2.45, 2.75) is 13.8 Å². The molecule has 0 bridgehead atoms. The summed E-state index contributed by atoms with van der Waals surface area (Å²) in [5, 5.41) is 9.80. The Hall–Kier alpha value is -2.36. The van der Waals surface area contributed by atoms with Gasteiger partial charge in [0.05, 0.1) is 16.6 Å². The van der Waals surface area contributed by atoms with Gasteiger partial charge in [-0.3, -0.25) is 0 Å². The molecule has 0 fully saturated rings. The molecular formula is C15H13FN2O. The van der Waals surface area contributed by atoms with E-state index in [2.05, 4.69) is 9.97 Å². The Bertz CT molecular complexity index is 738. The number of nitrogens with zero attached hydrogens (tertiary/aromatic N) is 1. The van der Waals surface area contributed by atoms with Crippen LogP contribution < -0.4 is 0 Å². The van der Waals surface area contributed by atoms with E-state index in [1.807, 2.05) is 26.0 Å². The molecule has 19 heavy (non-hydrogen) atoms. The van der Waals surface area contributed by atoms with E-state index in [0.29, 0.717) is 11.4 Å². The van der Waals surface area contributed by atoms with E-state index < -0.39 is 5.82 Å². The lowest BCUT2D eigenvalue weighted by Gasteiger charge is -2.00. The summed E-state index contributed by atoms with van der Waals surface area (Å²) >= 11 is 0. The average Bonchev–Trinajstić information content (AvgIpc) is 2.75. The molecule has 3 aromatic rings. The summed E-state index contributed by atoms with van der Waals surface area (Å²) in [7, 11) is 0. The van der Waals surface area contributed by atoms with Gasteiger partial charge in [-0.2, -0.15) is 0 Å². The van der Waals surface area contributed by atoms with Crippen LogP contribution in [-0.4, -0.2) is 15.1 Å². The molecule has 0 unspecified atom stereocenters. The quantitative estimate of drug-likeness (QED) is 0.697. The molecule has 1 heterocycles. The van der Waals surface area contributed by atoms with E-state index in [-0.39, 0.29) is 5.75 Å². The fourth-order valence-corrected chi connectivity index (χ4v) is 2.10. The van der Waals surface area contributed by atoms with Crippen molar-refractivity contribution >= 4 is 11.0 Å². The third-order valence-corrected chi connectivity index (χ3v) is 3.31. The van der Waals surface area contributed by atoms with Crippen molar-refractivity contribution in [1.29, 1.82) is 0 Å². The predicted molar refractivity (Wildman–Crippen MR) is 72.6 cm³/mol. The standard InChI is InChI=1S/C15H13FN2O/c1-8-5-12-13(6-9(8)2)18-15(17-12)11-7-10(16)3-4-14(11)19/h3-7,19H,1-2H3,(H,17,18). The Morgan fingerprint density at radius 1 is 1.11 bits per heavy atom. The normalized spacial score (nSPS) is 11.1. The van der Waals surface area contributed by atoms with Crippen LogP contribution in [0.25, 0.3) is 22.4 Å². The minimum absolute atomic E-state index is 0.00824. The molecule has 0 aliphatic heterocycles. The molecule has 3 rings (SSSR count). The number of aromatic hydroxyl groups is 1. The van der Waals surface area contributed by atoms with E-state index in [9.17, 15) is 9.50 Å². The number of H-pyrrole nitrogens is 1. The number of phenolic OH excluding ortho intramolecular Hbond substituents is 1. The highest BCUT2D eigenvalue weighted by atomic mass is 19.1. The molecule has 0 amide bonds. The van der Waals surface area contributed by atoms with Crippen LogP contribution in [0.3, 0.4) is 0 Å². The third kappa shape index (κ3) is 1.95. The molecule has 0 spiro atoms. The summed E-state index contributed by atoms with van der Waals surface area (Å²) < 4.78 is 13.3. The summed E-state index contributed by atoms with van der Waals surface area (Å²) in [5.41, 5.74) is 4.36. The van der Waals surface area contributed by atoms with Gasteiger partial charge in [-0.25, -0.2) is 9.37 Å². The molecule has 0 aliphatic carbocycles. The monoisotopic (exact) mass is 256 g/mol. The zero-order valence-corrected chi connectivity index (χ0v) is 10.7. The smallest absolute Gasteiger partial charge is 0.142 e. The number of hydrogen-bond donors (Lipinski definition) is 2. The number of nitrogens with one attached hydrogen (secondary N) is 1. The van der Waals surface area contributed by atoms with E-state index in [1.54, 1.807) is 0 Å². The highest BCUT2D eigenvalue weighted by Crippen LogP contribution is 2.29. The van der Waals surface area contributed by atoms with Crippen LogP contribution in [0.1, 0.15) is 11.1 Å².